The van der Waals surface area contributed by atoms with Gasteiger partial charge in [-0.3, -0.25) is 4.90 Å². The number of fused-ring (bicyclic) bond motifs is 2. The normalized spacial score (nSPS) is 21.4. The summed E-state index contributed by atoms with van der Waals surface area (Å²) in [5.74, 6) is 2.08. The zero-order valence-electron chi connectivity index (χ0n) is 13.2. The van der Waals surface area contributed by atoms with E-state index in [2.05, 4.69) is 5.32 Å². The van der Waals surface area contributed by atoms with Crippen LogP contribution in [-0.4, -0.2) is 19.4 Å². The zero-order chi connectivity index (χ0) is 16.1. The van der Waals surface area contributed by atoms with Crippen molar-refractivity contribution in [3.63, 3.8) is 0 Å². The maximum absolute atomic E-state index is 12.7. The van der Waals surface area contributed by atoms with Gasteiger partial charge in [-0.15, -0.1) is 0 Å². The smallest absolute Gasteiger partial charge is 0.322 e. The molecular formula is C19H18N2O3. The molecule has 2 aromatic carbocycles. The number of amides is 2. The van der Waals surface area contributed by atoms with E-state index < -0.39 is 0 Å². The molecule has 2 aromatic rings. The quantitative estimate of drug-likeness (QED) is 0.942. The first kappa shape index (κ1) is 13.7. The first-order valence-electron chi connectivity index (χ1n) is 8.36. The molecule has 1 fully saturated rings. The lowest BCUT2D eigenvalue weighted by Gasteiger charge is -2.35. The summed E-state index contributed by atoms with van der Waals surface area (Å²) < 4.78 is 11.1. The Bertz CT molecular complexity index is 802. The van der Waals surface area contributed by atoms with Crippen LogP contribution in [0.25, 0.3) is 0 Å². The maximum Gasteiger partial charge on any atom is 0.322 e. The predicted octanol–water partition coefficient (Wildman–Crippen LogP) is 3.44. The van der Waals surface area contributed by atoms with Crippen molar-refractivity contribution >= 4 is 11.7 Å². The van der Waals surface area contributed by atoms with Crippen molar-refractivity contribution in [2.45, 2.75) is 18.9 Å². The molecule has 0 aromatic heterocycles. The van der Waals surface area contributed by atoms with E-state index in [-0.39, 0.29) is 18.9 Å². The molecule has 0 spiro atoms. The second kappa shape index (κ2) is 5.16. The lowest BCUT2D eigenvalue weighted by Crippen LogP contribution is -2.47. The monoisotopic (exact) mass is 322 g/mol. The Morgan fingerprint density at radius 3 is 2.58 bits per heavy atom. The van der Waals surface area contributed by atoms with Crippen molar-refractivity contribution in [3.05, 3.63) is 53.6 Å². The van der Waals surface area contributed by atoms with Gasteiger partial charge in [0, 0.05) is 18.2 Å². The summed E-state index contributed by atoms with van der Waals surface area (Å²) in [5, 5.41) is 3.15. The van der Waals surface area contributed by atoms with E-state index in [1.807, 2.05) is 47.4 Å². The zero-order valence-corrected chi connectivity index (χ0v) is 13.2. The fraction of sp³-hybridized carbons (Fsp3) is 0.316. The minimum atomic E-state index is -0.168. The second-order valence-corrected chi connectivity index (χ2v) is 6.61. The summed E-state index contributed by atoms with van der Waals surface area (Å²) >= 11 is 0. The highest BCUT2D eigenvalue weighted by molar-refractivity contribution is 5.96. The Balaban J connectivity index is 1.63. The number of nitrogens with one attached hydrogen (secondary N) is 1. The number of hydrogen-bond acceptors (Lipinski definition) is 3. The maximum atomic E-state index is 12.7. The molecule has 5 rings (SSSR count). The fourth-order valence-electron chi connectivity index (χ4n) is 3.45. The van der Waals surface area contributed by atoms with Crippen LogP contribution in [0.5, 0.6) is 11.5 Å². The molecular weight excluding hydrogens is 304 g/mol. The van der Waals surface area contributed by atoms with Gasteiger partial charge in [0.2, 0.25) is 6.79 Å². The molecule has 2 heterocycles. The van der Waals surface area contributed by atoms with Gasteiger partial charge in [0.1, 0.15) is 0 Å². The molecule has 0 radical (unpaired) electrons. The van der Waals surface area contributed by atoms with Gasteiger partial charge >= 0.3 is 6.03 Å². The molecule has 0 bridgehead atoms. The van der Waals surface area contributed by atoms with Gasteiger partial charge in [-0.05, 0) is 30.4 Å². The van der Waals surface area contributed by atoms with Crippen molar-refractivity contribution < 1.29 is 14.3 Å². The van der Waals surface area contributed by atoms with E-state index in [0.29, 0.717) is 5.92 Å². The van der Waals surface area contributed by atoms with Crippen LogP contribution in [0.2, 0.25) is 0 Å². The third kappa shape index (κ3) is 2.19. The van der Waals surface area contributed by atoms with E-state index in [4.69, 9.17) is 9.47 Å². The van der Waals surface area contributed by atoms with Crippen LogP contribution in [0.15, 0.2) is 42.5 Å². The number of ether oxygens (including phenoxy) is 2. The molecule has 5 nitrogen and oxygen atoms in total. The van der Waals surface area contributed by atoms with Crippen LogP contribution in [0.3, 0.4) is 0 Å². The minimum Gasteiger partial charge on any atom is -0.454 e. The van der Waals surface area contributed by atoms with E-state index in [9.17, 15) is 4.79 Å². The number of carbonyl (C=O) groups is 1. The molecule has 2 amide bonds. The van der Waals surface area contributed by atoms with E-state index in [0.717, 1.165) is 34.9 Å². The fourth-order valence-corrected chi connectivity index (χ4v) is 3.45. The van der Waals surface area contributed by atoms with Gasteiger partial charge in [-0.2, -0.15) is 0 Å². The summed E-state index contributed by atoms with van der Waals surface area (Å²) in [4.78, 5) is 14.6. The van der Waals surface area contributed by atoms with E-state index in [1.54, 1.807) is 0 Å². The highest BCUT2D eigenvalue weighted by Crippen LogP contribution is 2.45. The number of anilines is 1. The van der Waals surface area contributed by atoms with Gasteiger partial charge < -0.3 is 14.8 Å². The highest BCUT2D eigenvalue weighted by atomic mass is 16.7. The molecule has 2 aliphatic heterocycles. The first-order chi connectivity index (χ1) is 11.8. The van der Waals surface area contributed by atoms with Crippen LogP contribution >= 0.6 is 0 Å². The molecule has 1 atom stereocenters. The standard InChI is InChI=1S/C19H18N2O3/c22-19-20-18(13-4-2-1-3-5-13)14-8-16-17(24-11-23-16)9-15(14)21(19)10-12-6-7-12/h1-5,8-9,12,18H,6-7,10-11H2,(H,20,22). The molecule has 1 aliphatic carbocycles. The number of nitrogens with zero attached hydrogens (tertiary/aromatic N) is 1. The molecule has 3 aliphatic rings. The highest BCUT2D eigenvalue weighted by Gasteiger charge is 2.36. The van der Waals surface area contributed by atoms with Crippen molar-refractivity contribution in [1.82, 2.24) is 5.32 Å². The average Bonchev–Trinajstić information content (AvgIpc) is 3.32. The van der Waals surface area contributed by atoms with Crippen LogP contribution in [0.4, 0.5) is 10.5 Å². The van der Waals surface area contributed by atoms with Crippen molar-refractivity contribution in [1.29, 1.82) is 0 Å². The van der Waals surface area contributed by atoms with Gasteiger partial charge in [0.05, 0.1) is 11.7 Å². The van der Waals surface area contributed by atoms with Crippen molar-refractivity contribution in [2.75, 3.05) is 18.2 Å². The van der Waals surface area contributed by atoms with Gasteiger partial charge in [-0.1, -0.05) is 30.3 Å². The summed E-state index contributed by atoms with van der Waals surface area (Å²) in [6, 6.07) is 13.8. The van der Waals surface area contributed by atoms with E-state index >= 15 is 0 Å². The Morgan fingerprint density at radius 1 is 1.08 bits per heavy atom. The van der Waals surface area contributed by atoms with Gasteiger partial charge in [0.15, 0.2) is 11.5 Å². The largest absolute Gasteiger partial charge is 0.454 e. The number of rotatable bonds is 3. The minimum absolute atomic E-state index is 0.0397. The van der Waals surface area contributed by atoms with Crippen molar-refractivity contribution in [3.8, 4) is 11.5 Å². The average molecular weight is 322 g/mol. The Hall–Kier alpha value is -2.69. The Kier molecular flexibility index (Phi) is 2.95. The molecule has 5 heteroatoms. The molecule has 24 heavy (non-hydrogen) atoms. The number of urea groups is 1. The molecule has 1 saturated carbocycles. The summed E-state index contributed by atoms with van der Waals surface area (Å²) in [7, 11) is 0. The van der Waals surface area contributed by atoms with E-state index in [1.165, 1.54) is 12.8 Å². The Labute approximate surface area is 140 Å². The molecule has 1 unspecified atom stereocenters. The first-order valence-corrected chi connectivity index (χ1v) is 8.36. The van der Waals surface area contributed by atoms with Crippen LogP contribution in [0.1, 0.15) is 30.0 Å². The SMILES string of the molecule is O=C1NC(c2ccccc2)c2cc3c(cc2N1CC1CC1)OCO3. The number of benzene rings is 2. The topological polar surface area (TPSA) is 50.8 Å². The molecule has 0 saturated heterocycles. The summed E-state index contributed by atoms with van der Waals surface area (Å²) in [5.41, 5.74) is 3.06. The summed E-state index contributed by atoms with van der Waals surface area (Å²) in [6.07, 6.45) is 2.40. The molecule has 122 valence electrons. The van der Waals surface area contributed by atoms with Crippen LogP contribution in [0, 0.1) is 5.92 Å². The third-order valence-corrected chi connectivity index (χ3v) is 4.91. The van der Waals surface area contributed by atoms with Gasteiger partial charge in [0.25, 0.3) is 0 Å². The number of carbonyl (C=O) groups excluding carboxylic acids is 1. The van der Waals surface area contributed by atoms with Crippen LogP contribution < -0.4 is 19.7 Å². The van der Waals surface area contributed by atoms with Crippen LogP contribution in [-0.2, 0) is 0 Å². The van der Waals surface area contributed by atoms with Gasteiger partial charge in [-0.25, -0.2) is 4.79 Å². The third-order valence-electron chi connectivity index (χ3n) is 4.91. The number of hydrogen-bond donors (Lipinski definition) is 1. The van der Waals surface area contributed by atoms with Crippen molar-refractivity contribution in [2.24, 2.45) is 5.92 Å². The lowest BCUT2D eigenvalue weighted by molar-refractivity contribution is 0.174. The Morgan fingerprint density at radius 2 is 1.83 bits per heavy atom. The second-order valence-electron chi connectivity index (χ2n) is 6.61. The lowest BCUT2D eigenvalue weighted by atomic mass is 9.94. The predicted molar refractivity (Wildman–Crippen MR) is 89.5 cm³/mol. The summed E-state index contributed by atoms with van der Waals surface area (Å²) in [6.45, 7) is 0.998. The molecule has 1 N–H and O–H groups in total.